The summed E-state index contributed by atoms with van der Waals surface area (Å²) in [6.07, 6.45) is 0.152. The van der Waals surface area contributed by atoms with E-state index in [0.717, 1.165) is 0 Å². The molecule has 198 valence electrons. The second kappa shape index (κ2) is 17.5. The predicted octanol–water partition coefficient (Wildman–Crippen LogP) is -0.805. The number of hydrogen-bond donors (Lipinski definition) is 5. The number of carbonyl (C=O) groups excluding carboxylic acids is 7. The zero-order valence-corrected chi connectivity index (χ0v) is 21.3. The van der Waals surface area contributed by atoms with Crippen molar-refractivity contribution in [3.05, 3.63) is 0 Å². The van der Waals surface area contributed by atoms with E-state index in [-0.39, 0.29) is 25.4 Å². The van der Waals surface area contributed by atoms with Crippen molar-refractivity contribution in [3.63, 3.8) is 0 Å². The van der Waals surface area contributed by atoms with Gasteiger partial charge in [-0.05, 0) is 40.0 Å². The molecule has 0 aromatic carbocycles. The van der Waals surface area contributed by atoms with Crippen molar-refractivity contribution in [3.8, 4) is 0 Å². The van der Waals surface area contributed by atoms with Crippen molar-refractivity contribution in [1.82, 2.24) is 21.3 Å². The lowest BCUT2D eigenvalue weighted by atomic mass is 10.1. The molecule has 0 spiro atoms. The van der Waals surface area contributed by atoms with Crippen LogP contribution in [-0.2, 0) is 38.3 Å². The maximum atomic E-state index is 12.4. The van der Waals surface area contributed by atoms with E-state index in [1.165, 1.54) is 20.8 Å². The van der Waals surface area contributed by atoms with E-state index in [0.29, 0.717) is 19.1 Å². The van der Waals surface area contributed by atoms with E-state index in [9.17, 15) is 33.6 Å². The highest BCUT2D eigenvalue weighted by molar-refractivity contribution is 7.81. The van der Waals surface area contributed by atoms with Gasteiger partial charge in [0.1, 0.15) is 26.0 Å². The number of rotatable bonds is 17. The van der Waals surface area contributed by atoms with Crippen LogP contribution in [0.2, 0.25) is 0 Å². The van der Waals surface area contributed by atoms with Crippen LogP contribution in [0.4, 0.5) is 0 Å². The molecular formula is C22H36N4O8S. The number of unbranched alkanes of at least 4 members (excludes halogenated alkanes) is 1. The van der Waals surface area contributed by atoms with E-state index in [1.807, 2.05) is 0 Å². The van der Waals surface area contributed by atoms with Crippen LogP contribution in [0.3, 0.4) is 0 Å². The van der Waals surface area contributed by atoms with Gasteiger partial charge in [0.2, 0.25) is 23.6 Å². The van der Waals surface area contributed by atoms with Gasteiger partial charge in [0, 0.05) is 6.42 Å². The zero-order valence-electron chi connectivity index (χ0n) is 21.4. The first-order valence-electron chi connectivity index (χ1n) is 11.8. The van der Waals surface area contributed by atoms with Gasteiger partial charge in [0.05, 0.1) is 30.4 Å². The SMILES string of the molecule is [3H]C(=O)C(C)NC(=O)C(CC(=O)OCCCCC(NC(=O)CC)C(=O)NC(C)C=O)NC(=O)C(C)S. The van der Waals surface area contributed by atoms with Crippen LogP contribution in [0.25, 0.3) is 0 Å². The second-order valence-corrected chi connectivity index (χ2v) is 8.69. The van der Waals surface area contributed by atoms with Gasteiger partial charge in [0.15, 0.2) is 0 Å². The minimum atomic E-state index is -1.33. The molecule has 0 aliphatic heterocycles. The number of ether oxygens (including phenoxy) is 1. The fraction of sp³-hybridized carbons (Fsp3) is 0.682. The molecule has 0 heterocycles. The summed E-state index contributed by atoms with van der Waals surface area (Å²) in [4.78, 5) is 82.5. The summed E-state index contributed by atoms with van der Waals surface area (Å²) in [6.45, 7) is 5.85. The molecule has 4 N–H and O–H groups in total. The molecule has 5 atom stereocenters. The van der Waals surface area contributed by atoms with Crippen molar-refractivity contribution < 1.29 is 39.7 Å². The lowest BCUT2D eigenvalue weighted by Crippen LogP contribution is -2.51. The highest BCUT2D eigenvalue weighted by Crippen LogP contribution is 2.05. The minimum absolute atomic E-state index is 0.0491. The third-order valence-electron chi connectivity index (χ3n) is 4.62. The molecule has 12 nitrogen and oxygen atoms in total. The van der Waals surface area contributed by atoms with Crippen LogP contribution in [0.5, 0.6) is 0 Å². The fourth-order valence-corrected chi connectivity index (χ4v) is 2.71. The van der Waals surface area contributed by atoms with Crippen LogP contribution < -0.4 is 21.3 Å². The van der Waals surface area contributed by atoms with Crippen LogP contribution in [0, 0.1) is 0 Å². The Labute approximate surface area is 211 Å². The highest BCUT2D eigenvalue weighted by atomic mass is 32.1. The van der Waals surface area contributed by atoms with Crippen LogP contribution in [0.15, 0.2) is 0 Å². The summed E-state index contributed by atoms with van der Waals surface area (Å²) in [5, 5.41) is 8.90. The molecule has 0 aromatic heterocycles. The molecule has 0 saturated heterocycles. The van der Waals surface area contributed by atoms with Gasteiger partial charge in [-0.3, -0.25) is 24.0 Å². The average Bonchev–Trinajstić information content (AvgIpc) is 2.81. The molecule has 0 saturated carbocycles. The molecule has 0 aliphatic carbocycles. The van der Waals surface area contributed by atoms with Gasteiger partial charge in [-0.15, -0.1) is 0 Å². The van der Waals surface area contributed by atoms with E-state index >= 15 is 0 Å². The Bertz CT molecular complexity index is 811. The quantitative estimate of drug-likeness (QED) is 0.0719. The van der Waals surface area contributed by atoms with E-state index < -0.39 is 65.8 Å². The van der Waals surface area contributed by atoms with E-state index in [4.69, 9.17) is 6.11 Å². The van der Waals surface area contributed by atoms with Gasteiger partial charge >= 0.3 is 5.97 Å². The Morgan fingerprint density at radius 1 is 0.886 bits per heavy atom. The number of hydrogen-bond acceptors (Lipinski definition) is 9. The first-order chi connectivity index (χ1) is 16.8. The normalized spacial score (nSPS) is 15.2. The van der Waals surface area contributed by atoms with E-state index in [2.05, 4.69) is 33.9 Å². The van der Waals surface area contributed by atoms with Crippen LogP contribution >= 0.6 is 12.6 Å². The van der Waals surface area contributed by atoms with Crippen LogP contribution in [-0.4, -0.2) is 78.2 Å². The van der Waals surface area contributed by atoms with Gasteiger partial charge in [-0.25, -0.2) is 0 Å². The van der Waals surface area contributed by atoms with Crippen molar-refractivity contribution in [2.24, 2.45) is 0 Å². The van der Waals surface area contributed by atoms with Crippen molar-refractivity contribution in [2.75, 3.05) is 6.61 Å². The second-order valence-electron chi connectivity index (χ2n) is 7.91. The topological polar surface area (TPSA) is 177 Å². The summed E-state index contributed by atoms with van der Waals surface area (Å²) in [6, 6.07) is -4.03. The Morgan fingerprint density at radius 2 is 1.49 bits per heavy atom. The molecule has 13 heteroatoms. The summed E-state index contributed by atoms with van der Waals surface area (Å²) in [5.74, 6) is -3.06. The number of thiol groups is 1. The van der Waals surface area contributed by atoms with Gasteiger partial charge in [-0.2, -0.15) is 12.6 Å². The fourth-order valence-electron chi connectivity index (χ4n) is 2.63. The van der Waals surface area contributed by atoms with Crippen molar-refractivity contribution in [1.29, 1.82) is 0 Å². The van der Waals surface area contributed by atoms with Crippen LogP contribution in [0.1, 0.15) is 61.2 Å². The Hall–Kier alpha value is -2.96. The predicted molar refractivity (Wildman–Crippen MR) is 129 cm³/mol. The summed E-state index contributed by atoms with van der Waals surface area (Å²) in [5.41, 5.74) is 0. The van der Waals surface area contributed by atoms with E-state index in [1.54, 1.807) is 6.92 Å². The minimum Gasteiger partial charge on any atom is -0.466 e. The number of nitrogens with one attached hydrogen (secondary N) is 4. The number of carbonyl (C=O) groups is 7. The molecule has 35 heavy (non-hydrogen) atoms. The summed E-state index contributed by atoms with van der Waals surface area (Å²) >= 11 is 3.97. The maximum Gasteiger partial charge on any atom is 0.308 e. The first kappa shape index (κ1) is 30.1. The summed E-state index contributed by atoms with van der Waals surface area (Å²) < 4.78 is 12.2. The molecule has 0 rings (SSSR count). The number of esters is 1. The zero-order chi connectivity index (χ0) is 27.8. The van der Waals surface area contributed by atoms with Gasteiger partial charge < -0.3 is 35.6 Å². The van der Waals surface area contributed by atoms with Crippen molar-refractivity contribution >= 4 is 54.8 Å². The largest absolute Gasteiger partial charge is 0.466 e. The molecule has 0 aromatic rings. The van der Waals surface area contributed by atoms with Gasteiger partial charge in [0.25, 0.3) is 0 Å². The molecular weight excluding hydrogens is 480 g/mol. The highest BCUT2D eigenvalue weighted by Gasteiger charge is 2.27. The summed E-state index contributed by atoms with van der Waals surface area (Å²) in [7, 11) is 0. The Kier molecular flexibility index (Phi) is 15.0. The Balaban J connectivity index is 4.83. The molecule has 0 bridgehead atoms. The molecule has 0 radical (unpaired) electrons. The van der Waals surface area contributed by atoms with Crippen molar-refractivity contribution in [2.45, 2.75) is 89.2 Å². The molecule has 5 unspecified atom stereocenters. The lowest BCUT2D eigenvalue weighted by molar-refractivity contribution is -0.146. The monoisotopic (exact) mass is 518 g/mol. The smallest absolute Gasteiger partial charge is 0.308 e. The molecule has 0 aliphatic rings. The lowest BCUT2D eigenvalue weighted by Gasteiger charge is -2.20. The van der Waals surface area contributed by atoms with Gasteiger partial charge in [-0.1, -0.05) is 6.92 Å². The average molecular weight is 519 g/mol. The third kappa shape index (κ3) is 14.1. The molecule has 4 amide bonds. The molecule has 0 fully saturated rings. The first-order valence-corrected chi connectivity index (χ1v) is 11.8. The standard InChI is InChI=1S/C22H36N4O8S/c1-5-18(29)25-16(21(32)23-13(2)11-27)8-6-7-9-34-19(30)10-17(26-20(31)15(4)35)22(33)24-14(3)12-28/h11-17,35H,5-10H2,1-4H3,(H,23,32)(H,24,33)(H,25,29)(H,26,31)/i12T. The number of amides is 4. The number of aldehydes is 2. The Morgan fingerprint density at radius 3 is 2.03 bits per heavy atom. The maximum absolute atomic E-state index is 12.4. The third-order valence-corrected chi connectivity index (χ3v) is 4.85.